The molecule has 1 aliphatic carbocycles. The standard InChI is InChI=1S/C17H27ClN2O/c1-19-17(14-8-3-4-9-15(14)18)11-6-5-10-16(17)20-12-7-13-21-2/h3-4,8-9,16,19-20H,5-7,10-13H2,1-2H3/t16-,17-/m0/s1. The van der Waals surface area contributed by atoms with Gasteiger partial charge in [-0.15, -0.1) is 0 Å². The van der Waals surface area contributed by atoms with Gasteiger partial charge >= 0.3 is 0 Å². The Morgan fingerprint density at radius 3 is 2.86 bits per heavy atom. The fraction of sp³-hybridized carbons (Fsp3) is 0.647. The molecule has 4 heteroatoms. The highest BCUT2D eigenvalue weighted by molar-refractivity contribution is 6.31. The van der Waals surface area contributed by atoms with Crippen molar-refractivity contribution in [2.45, 2.75) is 43.7 Å². The molecule has 118 valence electrons. The summed E-state index contributed by atoms with van der Waals surface area (Å²) in [4.78, 5) is 0. The first-order valence-corrected chi connectivity index (χ1v) is 8.28. The molecule has 0 aliphatic heterocycles. The number of methoxy groups -OCH3 is 1. The normalized spacial score (nSPS) is 26.0. The van der Waals surface area contributed by atoms with E-state index in [-0.39, 0.29) is 5.54 Å². The maximum Gasteiger partial charge on any atom is 0.0602 e. The summed E-state index contributed by atoms with van der Waals surface area (Å²) in [7, 11) is 3.81. The molecule has 0 heterocycles. The van der Waals surface area contributed by atoms with E-state index in [9.17, 15) is 0 Å². The van der Waals surface area contributed by atoms with E-state index in [2.05, 4.69) is 29.8 Å². The van der Waals surface area contributed by atoms with Crippen molar-refractivity contribution in [3.05, 3.63) is 34.9 Å². The summed E-state index contributed by atoms with van der Waals surface area (Å²) in [5.74, 6) is 0. The number of hydrogen-bond acceptors (Lipinski definition) is 3. The molecule has 0 aromatic heterocycles. The van der Waals surface area contributed by atoms with Gasteiger partial charge in [0.15, 0.2) is 0 Å². The van der Waals surface area contributed by atoms with Gasteiger partial charge in [-0.2, -0.15) is 0 Å². The molecule has 1 fully saturated rings. The molecule has 1 saturated carbocycles. The summed E-state index contributed by atoms with van der Waals surface area (Å²) in [5, 5.41) is 8.17. The Morgan fingerprint density at radius 1 is 1.33 bits per heavy atom. The van der Waals surface area contributed by atoms with Crippen LogP contribution in [-0.4, -0.2) is 33.4 Å². The second-order valence-corrected chi connectivity index (χ2v) is 6.21. The molecular formula is C17H27ClN2O. The lowest BCUT2D eigenvalue weighted by Gasteiger charge is -2.45. The van der Waals surface area contributed by atoms with Crippen LogP contribution in [0.4, 0.5) is 0 Å². The molecular weight excluding hydrogens is 284 g/mol. The average Bonchev–Trinajstić information content (AvgIpc) is 2.52. The predicted molar refractivity (Wildman–Crippen MR) is 88.9 cm³/mol. The van der Waals surface area contributed by atoms with Crippen molar-refractivity contribution in [2.24, 2.45) is 0 Å². The van der Waals surface area contributed by atoms with Crippen molar-refractivity contribution in [1.82, 2.24) is 10.6 Å². The lowest BCUT2D eigenvalue weighted by Crippen LogP contribution is -2.58. The lowest BCUT2D eigenvalue weighted by atomic mass is 9.72. The third-order valence-electron chi connectivity index (χ3n) is 4.63. The Bertz CT molecular complexity index is 441. The van der Waals surface area contributed by atoms with E-state index in [0.717, 1.165) is 31.0 Å². The van der Waals surface area contributed by atoms with Crippen molar-refractivity contribution in [1.29, 1.82) is 0 Å². The molecule has 0 radical (unpaired) electrons. The predicted octanol–water partition coefficient (Wildman–Crippen LogP) is 3.32. The highest BCUT2D eigenvalue weighted by Gasteiger charge is 2.41. The molecule has 21 heavy (non-hydrogen) atoms. The summed E-state index contributed by atoms with van der Waals surface area (Å²) in [6.45, 7) is 1.78. The largest absolute Gasteiger partial charge is 0.385 e. The second-order valence-electron chi connectivity index (χ2n) is 5.80. The zero-order valence-corrected chi connectivity index (χ0v) is 13.9. The zero-order valence-electron chi connectivity index (χ0n) is 13.1. The number of nitrogens with one attached hydrogen (secondary N) is 2. The third-order valence-corrected chi connectivity index (χ3v) is 4.95. The summed E-state index contributed by atoms with van der Waals surface area (Å²) in [6, 6.07) is 8.64. The maximum absolute atomic E-state index is 6.49. The summed E-state index contributed by atoms with van der Waals surface area (Å²) >= 11 is 6.49. The topological polar surface area (TPSA) is 33.3 Å². The van der Waals surface area contributed by atoms with Crippen LogP contribution in [0.5, 0.6) is 0 Å². The summed E-state index contributed by atoms with van der Waals surface area (Å²) < 4.78 is 5.14. The minimum Gasteiger partial charge on any atom is -0.385 e. The van der Waals surface area contributed by atoms with E-state index in [4.69, 9.17) is 16.3 Å². The Kier molecular flexibility index (Phi) is 6.49. The van der Waals surface area contributed by atoms with Crippen LogP contribution in [0.15, 0.2) is 24.3 Å². The molecule has 0 amide bonds. The van der Waals surface area contributed by atoms with Crippen LogP contribution in [0, 0.1) is 0 Å². The van der Waals surface area contributed by atoms with Crippen LogP contribution < -0.4 is 10.6 Å². The SMILES string of the molecule is CN[C@]1(c2ccccc2Cl)CCCC[C@@H]1NCCCOC. The zero-order chi connectivity index (χ0) is 15.1. The molecule has 1 aromatic carbocycles. The van der Waals surface area contributed by atoms with E-state index in [1.54, 1.807) is 7.11 Å². The van der Waals surface area contributed by atoms with Gasteiger partial charge in [0.2, 0.25) is 0 Å². The van der Waals surface area contributed by atoms with Crippen LogP contribution in [0.25, 0.3) is 0 Å². The van der Waals surface area contributed by atoms with E-state index in [1.165, 1.54) is 24.8 Å². The highest BCUT2D eigenvalue weighted by Crippen LogP contribution is 2.40. The molecule has 1 aromatic rings. The molecule has 0 bridgehead atoms. The summed E-state index contributed by atoms with van der Waals surface area (Å²) in [5.41, 5.74) is 1.15. The third kappa shape index (κ3) is 3.78. The molecule has 3 nitrogen and oxygen atoms in total. The van der Waals surface area contributed by atoms with Gasteiger partial charge < -0.3 is 15.4 Å². The van der Waals surface area contributed by atoms with E-state index in [0.29, 0.717) is 6.04 Å². The van der Waals surface area contributed by atoms with Crippen molar-refractivity contribution < 1.29 is 4.74 Å². The number of rotatable bonds is 7. The Labute approximate surface area is 133 Å². The van der Waals surface area contributed by atoms with Crippen molar-refractivity contribution in [2.75, 3.05) is 27.3 Å². The van der Waals surface area contributed by atoms with Gasteiger partial charge in [-0.1, -0.05) is 42.6 Å². The van der Waals surface area contributed by atoms with Gasteiger partial charge in [0.1, 0.15) is 0 Å². The Balaban J connectivity index is 2.18. The Morgan fingerprint density at radius 2 is 2.14 bits per heavy atom. The van der Waals surface area contributed by atoms with Crippen LogP contribution in [-0.2, 0) is 10.3 Å². The number of benzene rings is 1. The van der Waals surface area contributed by atoms with Crippen molar-refractivity contribution >= 4 is 11.6 Å². The highest BCUT2D eigenvalue weighted by atomic mass is 35.5. The first-order valence-electron chi connectivity index (χ1n) is 7.91. The number of halogens is 1. The lowest BCUT2D eigenvalue weighted by molar-refractivity contribution is 0.164. The molecule has 2 N–H and O–H groups in total. The first kappa shape index (κ1) is 16.8. The molecule has 1 aliphatic rings. The number of likely N-dealkylation sites (N-methyl/N-ethyl adjacent to an activating group) is 1. The minimum absolute atomic E-state index is 0.0658. The monoisotopic (exact) mass is 310 g/mol. The van der Waals surface area contributed by atoms with E-state index >= 15 is 0 Å². The van der Waals surface area contributed by atoms with Crippen molar-refractivity contribution in [3.63, 3.8) is 0 Å². The number of ether oxygens (including phenoxy) is 1. The van der Waals surface area contributed by atoms with Crippen molar-refractivity contribution in [3.8, 4) is 0 Å². The van der Waals surface area contributed by atoms with Gasteiger partial charge in [0, 0.05) is 24.8 Å². The maximum atomic E-state index is 6.49. The molecule has 0 spiro atoms. The number of hydrogen-bond donors (Lipinski definition) is 2. The first-order chi connectivity index (χ1) is 10.2. The Hall–Kier alpha value is -0.610. The van der Waals surface area contributed by atoms with Crippen LogP contribution in [0.2, 0.25) is 5.02 Å². The van der Waals surface area contributed by atoms with Gasteiger partial charge in [-0.3, -0.25) is 0 Å². The van der Waals surface area contributed by atoms with Gasteiger partial charge in [0.25, 0.3) is 0 Å². The molecule has 0 saturated heterocycles. The van der Waals surface area contributed by atoms with Gasteiger partial charge in [-0.05, 0) is 44.5 Å². The smallest absolute Gasteiger partial charge is 0.0602 e. The molecule has 0 unspecified atom stereocenters. The van der Waals surface area contributed by atoms with Gasteiger partial charge in [-0.25, -0.2) is 0 Å². The minimum atomic E-state index is -0.0658. The fourth-order valence-electron chi connectivity index (χ4n) is 3.52. The van der Waals surface area contributed by atoms with E-state index in [1.807, 2.05) is 12.1 Å². The van der Waals surface area contributed by atoms with Crippen LogP contribution in [0.1, 0.15) is 37.7 Å². The molecule has 2 rings (SSSR count). The van der Waals surface area contributed by atoms with E-state index < -0.39 is 0 Å². The molecule has 2 atom stereocenters. The van der Waals surface area contributed by atoms with Crippen LogP contribution >= 0.6 is 11.6 Å². The quantitative estimate of drug-likeness (QED) is 0.758. The average molecular weight is 311 g/mol. The van der Waals surface area contributed by atoms with Crippen LogP contribution in [0.3, 0.4) is 0 Å². The van der Waals surface area contributed by atoms with Gasteiger partial charge in [0.05, 0.1) is 5.54 Å². The fourth-order valence-corrected chi connectivity index (χ4v) is 3.83. The second kappa shape index (κ2) is 8.14. The summed E-state index contributed by atoms with van der Waals surface area (Å²) in [6.07, 6.45) is 5.85.